The van der Waals surface area contributed by atoms with Gasteiger partial charge in [0.05, 0.1) is 19.3 Å². The number of hydrogen-bond donors (Lipinski definition) is 3. The van der Waals surface area contributed by atoms with Crippen LogP contribution in [0.1, 0.15) is 16.1 Å². The van der Waals surface area contributed by atoms with Crippen LogP contribution in [0.15, 0.2) is 70.3 Å². The third-order valence-corrected chi connectivity index (χ3v) is 4.29. The number of nitrogens with zero attached hydrogens (tertiary/aromatic N) is 2. The van der Waals surface area contributed by atoms with Crippen LogP contribution in [0.5, 0.6) is 5.75 Å². The van der Waals surface area contributed by atoms with Crippen molar-refractivity contribution in [3.63, 3.8) is 0 Å². The number of oxazole rings is 1. The van der Waals surface area contributed by atoms with Gasteiger partial charge in [-0.2, -0.15) is 0 Å². The number of amides is 1. The second-order valence-corrected chi connectivity index (χ2v) is 6.35. The molecular formula is C22H25N5O3. The smallest absolute Gasteiger partial charge is 0.251 e. The molecule has 8 heteroatoms. The lowest BCUT2D eigenvalue weighted by Crippen LogP contribution is -2.41. The number of nitrogens with one attached hydrogen (secondary N) is 3. The maximum atomic E-state index is 12.1. The van der Waals surface area contributed by atoms with Crippen LogP contribution in [-0.4, -0.2) is 44.1 Å². The van der Waals surface area contributed by atoms with Crippen LogP contribution < -0.4 is 20.7 Å². The van der Waals surface area contributed by atoms with Crippen molar-refractivity contribution in [1.82, 2.24) is 20.9 Å². The molecule has 0 saturated heterocycles. The predicted octanol–water partition coefficient (Wildman–Crippen LogP) is 2.45. The summed E-state index contributed by atoms with van der Waals surface area (Å²) >= 11 is 0. The molecule has 0 fully saturated rings. The Morgan fingerprint density at radius 2 is 1.77 bits per heavy atom. The Kier molecular flexibility index (Phi) is 7.43. The Labute approximate surface area is 175 Å². The zero-order valence-corrected chi connectivity index (χ0v) is 17.0. The van der Waals surface area contributed by atoms with Crippen molar-refractivity contribution < 1.29 is 13.9 Å². The molecule has 3 N–H and O–H groups in total. The van der Waals surface area contributed by atoms with Gasteiger partial charge in [-0.1, -0.05) is 18.2 Å². The highest BCUT2D eigenvalue weighted by Gasteiger charge is 2.08. The minimum absolute atomic E-state index is 0.140. The van der Waals surface area contributed by atoms with Crippen molar-refractivity contribution in [3.05, 3.63) is 72.1 Å². The fraction of sp³-hybridized carbons (Fsp3) is 0.227. The second-order valence-electron chi connectivity index (χ2n) is 6.35. The molecule has 30 heavy (non-hydrogen) atoms. The first kappa shape index (κ1) is 20.9. The zero-order chi connectivity index (χ0) is 21.2. The van der Waals surface area contributed by atoms with Crippen LogP contribution in [0.3, 0.4) is 0 Å². The third-order valence-electron chi connectivity index (χ3n) is 4.29. The van der Waals surface area contributed by atoms with Gasteiger partial charge in [-0.05, 0) is 36.4 Å². The van der Waals surface area contributed by atoms with Crippen LogP contribution in [-0.2, 0) is 6.54 Å². The number of carbonyl (C=O) groups excluding carboxylic acids is 1. The molecule has 0 radical (unpaired) electrons. The monoisotopic (exact) mass is 407 g/mol. The molecule has 0 unspecified atom stereocenters. The van der Waals surface area contributed by atoms with E-state index in [4.69, 9.17) is 9.15 Å². The van der Waals surface area contributed by atoms with E-state index >= 15 is 0 Å². The lowest BCUT2D eigenvalue weighted by atomic mass is 10.2. The van der Waals surface area contributed by atoms with E-state index in [1.54, 1.807) is 44.7 Å². The number of carbonyl (C=O) groups is 1. The number of ether oxygens (including phenoxy) is 1. The molecule has 0 spiro atoms. The second kappa shape index (κ2) is 10.7. The normalized spacial score (nSPS) is 11.1. The fourth-order valence-electron chi connectivity index (χ4n) is 2.70. The van der Waals surface area contributed by atoms with E-state index in [1.807, 2.05) is 30.3 Å². The van der Waals surface area contributed by atoms with Gasteiger partial charge in [-0.3, -0.25) is 9.79 Å². The van der Waals surface area contributed by atoms with Gasteiger partial charge in [0, 0.05) is 31.3 Å². The highest BCUT2D eigenvalue weighted by molar-refractivity contribution is 5.94. The standard InChI is InChI=1S/C22H25N5O3/c1-23-22(25-13-12-24-20(28)16-8-10-19(29-2)11-9-16)26-14-18-15-30-21(27-18)17-6-4-3-5-7-17/h3-11,15H,12-14H2,1-2H3,(H,24,28)(H2,23,25,26). The zero-order valence-electron chi connectivity index (χ0n) is 17.0. The number of methoxy groups -OCH3 is 1. The summed E-state index contributed by atoms with van der Waals surface area (Å²) in [7, 11) is 3.27. The molecule has 0 bridgehead atoms. The van der Waals surface area contributed by atoms with E-state index in [9.17, 15) is 4.79 Å². The molecule has 1 amide bonds. The minimum Gasteiger partial charge on any atom is -0.497 e. The van der Waals surface area contributed by atoms with Crippen molar-refractivity contribution >= 4 is 11.9 Å². The molecule has 0 saturated carbocycles. The molecule has 0 aliphatic heterocycles. The molecule has 3 aromatic rings. The average molecular weight is 407 g/mol. The van der Waals surface area contributed by atoms with Crippen molar-refractivity contribution in [2.45, 2.75) is 6.54 Å². The summed E-state index contributed by atoms with van der Waals surface area (Å²) in [5, 5.41) is 9.18. The molecule has 1 heterocycles. The van der Waals surface area contributed by atoms with Crippen LogP contribution in [0, 0.1) is 0 Å². The van der Waals surface area contributed by atoms with Gasteiger partial charge < -0.3 is 25.1 Å². The van der Waals surface area contributed by atoms with Crippen molar-refractivity contribution in [1.29, 1.82) is 0 Å². The van der Waals surface area contributed by atoms with Gasteiger partial charge in [0.15, 0.2) is 5.96 Å². The maximum absolute atomic E-state index is 12.1. The number of aliphatic imine (C=N–C) groups is 1. The SMILES string of the molecule is CN=C(NCCNC(=O)c1ccc(OC)cc1)NCc1coc(-c2ccccc2)n1. The third kappa shape index (κ3) is 5.84. The highest BCUT2D eigenvalue weighted by atomic mass is 16.5. The molecular weight excluding hydrogens is 382 g/mol. The molecule has 1 aromatic heterocycles. The number of rotatable bonds is 8. The van der Waals surface area contributed by atoms with Gasteiger partial charge in [-0.15, -0.1) is 0 Å². The number of aromatic nitrogens is 1. The summed E-state index contributed by atoms with van der Waals surface area (Å²) in [5.74, 6) is 1.76. The number of benzene rings is 2. The Morgan fingerprint density at radius 1 is 1.03 bits per heavy atom. The van der Waals surface area contributed by atoms with Gasteiger partial charge in [0.1, 0.15) is 12.0 Å². The lowest BCUT2D eigenvalue weighted by Gasteiger charge is -2.11. The predicted molar refractivity (Wildman–Crippen MR) is 115 cm³/mol. The summed E-state index contributed by atoms with van der Waals surface area (Å²) < 4.78 is 10.6. The molecule has 0 aliphatic carbocycles. The summed E-state index contributed by atoms with van der Waals surface area (Å²) in [6.45, 7) is 1.44. The summed E-state index contributed by atoms with van der Waals surface area (Å²) in [5.41, 5.74) is 2.28. The molecule has 8 nitrogen and oxygen atoms in total. The van der Waals surface area contributed by atoms with Crippen LogP contribution in [0.2, 0.25) is 0 Å². The maximum Gasteiger partial charge on any atom is 0.251 e. The van der Waals surface area contributed by atoms with Crippen LogP contribution >= 0.6 is 0 Å². The van der Waals surface area contributed by atoms with Gasteiger partial charge >= 0.3 is 0 Å². The molecule has 3 rings (SSSR count). The Bertz CT molecular complexity index is 968. The summed E-state index contributed by atoms with van der Waals surface area (Å²) in [6.07, 6.45) is 1.62. The number of guanidine groups is 1. The first-order chi connectivity index (χ1) is 14.7. The largest absolute Gasteiger partial charge is 0.497 e. The first-order valence-corrected chi connectivity index (χ1v) is 9.56. The van der Waals surface area contributed by atoms with E-state index in [2.05, 4.69) is 25.9 Å². The summed E-state index contributed by atoms with van der Waals surface area (Å²) in [6, 6.07) is 16.7. The molecule has 0 atom stereocenters. The van der Waals surface area contributed by atoms with Crippen molar-refractivity contribution in [2.75, 3.05) is 27.2 Å². The van der Waals surface area contributed by atoms with Crippen LogP contribution in [0.4, 0.5) is 0 Å². The molecule has 0 aliphatic rings. The van der Waals surface area contributed by atoms with Crippen molar-refractivity contribution in [3.8, 4) is 17.2 Å². The first-order valence-electron chi connectivity index (χ1n) is 9.56. The lowest BCUT2D eigenvalue weighted by molar-refractivity contribution is 0.0954. The van der Waals surface area contributed by atoms with Crippen LogP contribution in [0.25, 0.3) is 11.5 Å². The summed E-state index contributed by atoms with van der Waals surface area (Å²) in [4.78, 5) is 20.8. The average Bonchev–Trinajstić information content (AvgIpc) is 3.28. The van der Waals surface area contributed by atoms with Gasteiger partial charge in [0.2, 0.25) is 5.89 Å². The van der Waals surface area contributed by atoms with E-state index in [0.717, 1.165) is 11.3 Å². The van der Waals surface area contributed by atoms with E-state index < -0.39 is 0 Å². The molecule has 2 aromatic carbocycles. The fourth-order valence-corrected chi connectivity index (χ4v) is 2.70. The molecule has 156 valence electrons. The Balaban J connectivity index is 1.40. The van der Waals surface area contributed by atoms with E-state index in [0.29, 0.717) is 42.8 Å². The highest BCUT2D eigenvalue weighted by Crippen LogP contribution is 2.17. The van der Waals surface area contributed by atoms with E-state index in [-0.39, 0.29) is 5.91 Å². The van der Waals surface area contributed by atoms with Gasteiger partial charge in [-0.25, -0.2) is 4.98 Å². The quantitative estimate of drug-likeness (QED) is 0.301. The number of hydrogen-bond acceptors (Lipinski definition) is 5. The topological polar surface area (TPSA) is 101 Å². The van der Waals surface area contributed by atoms with E-state index in [1.165, 1.54) is 0 Å². The Hall–Kier alpha value is -3.81. The Morgan fingerprint density at radius 3 is 2.47 bits per heavy atom. The van der Waals surface area contributed by atoms with Gasteiger partial charge in [0.25, 0.3) is 5.91 Å². The minimum atomic E-state index is -0.140. The van der Waals surface area contributed by atoms with Crippen molar-refractivity contribution in [2.24, 2.45) is 4.99 Å².